The number of nitrogens with zero attached hydrogens (tertiary/aromatic N) is 1. The molecule has 1 atom stereocenters. The van der Waals surface area contributed by atoms with Gasteiger partial charge in [0.15, 0.2) is 0 Å². The van der Waals surface area contributed by atoms with E-state index < -0.39 is 0 Å². The molecule has 80 valence electrons. The van der Waals surface area contributed by atoms with E-state index in [1.807, 2.05) is 6.92 Å². The Morgan fingerprint density at radius 1 is 1.60 bits per heavy atom. The van der Waals surface area contributed by atoms with Gasteiger partial charge in [-0.2, -0.15) is 5.26 Å². The van der Waals surface area contributed by atoms with Gasteiger partial charge in [-0.1, -0.05) is 11.6 Å². The van der Waals surface area contributed by atoms with Crippen LogP contribution in [-0.4, -0.2) is 19.8 Å². The molecule has 3 nitrogen and oxygen atoms in total. The van der Waals surface area contributed by atoms with Crippen LogP contribution in [0.1, 0.15) is 12.5 Å². The second kappa shape index (κ2) is 5.59. The van der Waals surface area contributed by atoms with Gasteiger partial charge in [-0.3, -0.25) is 0 Å². The van der Waals surface area contributed by atoms with Gasteiger partial charge in [0.2, 0.25) is 0 Å². The van der Waals surface area contributed by atoms with Gasteiger partial charge in [-0.05, 0) is 25.1 Å². The molecule has 1 rings (SSSR count). The van der Waals surface area contributed by atoms with E-state index in [1.54, 1.807) is 25.3 Å². The molecule has 0 bridgehead atoms. The smallest absolute Gasteiger partial charge is 0.101 e. The van der Waals surface area contributed by atoms with Gasteiger partial charge in [-0.25, -0.2) is 0 Å². The minimum Gasteiger partial charge on any atom is -0.383 e. The molecule has 0 aromatic heterocycles. The lowest BCUT2D eigenvalue weighted by Crippen LogP contribution is -2.21. The number of rotatable bonds is 4. The van der Waals surface area contributed by atoms with Crippen molar-refractivity contribution in [1.29, 1.82) is 5.26 Å². The van der Waals surface area contributed by atoms with Gasteiger partial charge >= 0.3 is 0 Å². The minimum absolute atomic E-state index is 0.156. The number of benzene rings is 1. The van der Waals surface area contributed by atoms with Crippen LogP contribution in [0.4, 0.5) is 5.69 Å². The standard InChI is InChI=1S/C11H13ClN2O/c1-8(7-15-2)14-11-4-3-10(12)5-9(11)6-13/h3-5,8,14H,7H2,1-2H3. The first-order valence-electron chi connectivity index (χ1n) is 4.62. The van der Waals surface area contributed by atoms with Crippen LogP contribution in [0.2, 0.25) is 5.02 Å². The Hall–Kier alpha value is -1.24. The number of nitrogens with one attached hydrogen (secondary N) is 1. The van der Waals surface area contributed by atoms with Gasteiger partial charge in [0.25, 0.3) is 0 Å². The number of hydrogen-bond donors (Lipinski definition) is 1. The van der Waals surface area contributed by atoms with Crippen LogP contribution in [0.15, 0.2) is 18.2 Å². The van der Waals surface area contributed by atoms with Crippen LogP contribution in [0.5, 0.6) is 0 Å². The molecule has 0 aliphatic heterocycles. The second-order valence-corrected chi connectivity index (χ2v) is 3.74. The molecule has 0 spiro atoms. The summed E-state index contributed by atoms with van der Waals surface area (Å²) in [4.78, 5) is 0. The van der Waals surface area contributed by atoms with Gasteiger partial charge in [0, 0.05) is 18.2 Å². The largest absolute Gasteiger partial charge is 0.383 e. The summed E-state index contributed by atoms with van der Waals surface area (Å²) in [6.07, 6.45) is 0. The van der Waals surface area contributed by atoms with E-state index in [1.165, 1.54) is 0 Å². The highest BCUT2D eigenvalue weighted by atomic mass is 35.5. The van der Waals surface area contributed by atoms with E-state index in [0.717, 1.165) is 5.69 Å². The number of methoxy groups -OCH3 is 1. The predicted octanol–water partition coefficient (Wildman–Crippen LogP) is 2.66. The quantitative estimate of drug-likeness (QED) is 0.855. The lowest BCUT2D eigenvalue weighted by atomic mass is 10.2. The van der Waals surface area contributed by atoms with Crippen molar-refractivity contribution in [3.05, 3.63) is 28.8 Å². The Bertz CT molecular complexity index is 373. The highest BCUT2D eigenvalue weighted by Crippen LogP contribution is 2.20. The van der Waals surface area contributed by atoms with Crippen LogP contribution in [0, 0.1) is 11.3 Å². The molecule has 0 radical (unpaired) electrons. The topological polar surface area (TPSA) is 45.0 Å². The predicted molar refractivity (Wildman–Crippen MR) is 61.1 cm³/mol. The molecule has 0 heterocycles. The number of nitriles is 1. The zero-order chi connectivity index (χ0) is 11.3. The molecule has 1 unspecified atom stereocenters. The van der Waals surface area contributed by atoms with E-state index in [9.17, 15) is 0 Å². The molecule has 0 saturated carbocycles. The molecule has 0 fully saturated rings. The Kier molecular flexibility index (Phi) is 4.41. The van der Waals surface area contributed by atoms with Crippen molar-refractivity contribution in [2.24, 2.45) is 0 Å². The molecule has 4 heteroatoms. The molecule has 1 aromatic rings. The summed E-state index contributed by atoms with van der Waals surface area (Å²) in [6, 6.07) is 7.45. The molecule has 15 heavy (non-hydrogen) atoms. The zero-order valence-corrected chi connectivity index (χ0v) is 9.51. The second-order valence-electron chi connectivity index (χ2n) is 3.30. The summed E-state index contributed by atoms with van der Waals surface area (Å²) in [5.41, 5.74) is 1.33. The van der Waals surface area contributed by atoms with Crippen molar-refractivity contribution in [2.45, 2.75) is 13.0 Å². The first kappa shape index (κ1) is 11.8. The van der Waals surface area contributed by atoms with Crippen molar-refractivity contribution >= 4 is 17.3 Å². The van der Waals surface area contributed by atoms with E-state index in [-0.39, 0.29) is 6.04 Å². The normalized spacial score (nSPS) is 11.9. The van der Waals surface area contributed by atoms with Crippen molar-refractivity contribution in [3.8, 4) is 6.07 Å². The third kappa shape index (κ3) is 3.43. The summed E-state index contributed by atoms with van der Waals surface area (Å²) in [6.45, 7) is 2.58. The average molecular weight is 225 g/mol. The maximum absolute atomic E-state index is 8.91. The molecular weight excluding hydrogens is 212 g/mol. The molecule has 1 N–H and O–H groups in total. The summed E-state index contributed by atoms with van der Waals surface area (Å²) in [7, 11) is 1.64. The molecule has 0 aliphatic carbocycles. The monoisotopic (exact) mass is 224 g/mol. The van der Waals surface area contributed by atoms with Gasteiger partial charge in [0.1, 0.15) is 6.07 Å². The summed E-state index contributed by atoms with van der Waals surface area (Å²) < 4.78 is 5.00. The summed E-state index contributed by atoms with van der Waals surface area (Å²) in [5.74, 6) is 0. The minimum atomic E-state index is 0.156. The molecule has 1 aromatic carbocycles. The Morgan fingerprint density at radius 3 is 2.93 bits per heavy atom. The number of halogens is 1. The van der Waals surface area contributed by atoms with Crippen LogP contribution in [-0.2, 0) is 4.74 Å². The number of hydrogen-bond acceptors (Lipinski definition) is 3. The molecule has 0 saturated heterocycles. The maximum atomic E-state index is 8.91. The zero-order valence-electron chi connectivity index (χ0n) is 8.75. The highest BCUT2D eigenvalue weighted by Gasteiger charge is 2.06. The van der Waals surface area contributed by atoms with E-state index in [2.05, 4.69) is 11.4 Å². The molecule has 0 aliphatic rings. The third-order valence-corrected chi connectivity index (χ3v) is 2.16. The van der Waals surface area contributed by atoms with Crippen LogP contribution < -0.4 is 5.32 Å². The van der Waals surface area contributed by atoms with Crippen molar-refractivity contribution < 1.29 is 4.74 Å². The lowest BCUT2D eigenvalue weighted by molar-refractivity contribution is 0.190. The van der Waals surface area contributed by atoms with Gasteiger partial charge in [-0.15, -0.1) is 0 Å². The van der Waals surface area contributed by atoms with Gasteiger partial charge in [0.05, 0.1) is 17.9 Å². The average Bonchev–Trinajstić information content (AvgIpc) is 2.21. The fourth-order valence-electron chi connectivity index (χ4n) is 1.29. The van der Waals surface area contributed by atoms with Crippen molar-refractivity contribution in [3.63, 3.8) is 0 Å². The summed E-state index contributed by atoms with van der Waals surface area (Å²) in [5, 5.41) is 12.7. The van der Waals surface area contributed by atoms with Crippen LogP contribution in [0.3, 0.4) is 0 Å². The number of anilines is 1. The van der Waals surface area contributed by atoms with E-state index in [4.69, 9.17) is 21.6 Å². The van der Waals surface area contributed by atoms with E-state index >= 15 is 0 Å². The van der Waals surface area contributed by atoms with Crippen LogP contribution >= 0.6 is 11.6 Å². The molecule has 0 amide bonds. The Labute approximate surface area is 94.6 Å². The maximum Gasteiger partial charge on any atom is 0.101 e. The fraction of sp³-hybridized carbons (Fsp3) is 0.364. The summed E-state index contributed by atoms with van der Waals surface area (Å²) >= 11 is 5.79. The van der Waals surface area contributed by atoms with Crippen molar-refractivity contribution in [1.82, 2.24) is 0 Å². The van der Waals surface area contributed by atoms with E-state index in [0.29, 0.717) is 17.2 Å². The van der Waals surface area contributed by atoms with Gasteiger partial charge < -0.3 is 10.1 Å². The van der Waals surface area contributed by atoms with Crippen molar-refractivity contribution in [2.75, 3.05) is 19.0 Å². The fourth-order valence-corrected chi connectivity index (χ4v) is 1.46. The Balaban J connectivity index is 2.81. The third-order valence-electron chi connectivity index (χ3n) is 1.92. The number of ether oxygens (including phenoxy) is 1. The first-order valence-corrected chi connectivity index (χ1v) is 5.00. The first-order chi connectivity index (χ1) is 7.17. The molecular formula is C11H13ClN2O. The lowest BCUT2D eigenvalue weighted by Gasteiger charge is -2.15. The highest BCUT2D eigenvalue weighted by molar-refractivity contribution is 6.30. The SMILES string of the molecule is COCC(C)Nc1ccc(Cl)cc1C#N. The van der Waals surface area contributed by atoms with Crippen LogP contribution in [0.25, 0.3) is 0 Å². The Morgan fingerprint density at radius 2 is 2.33 bits per heavy atom.